The van der Waals surface area contributed by atoms with E-state index >= 15 is 0 Å². The van der Waals surface area contributed by atoms with Gasteiger partial charge in [-0.2, -0.15) is 0 Å². The largest absolute Gasteiger partial charge is 0.484 e. The monoisotopic (exact) mass is 497 g/mol. The van der Waals surface area contributed by atoms with E-state index in [-0.39, 0.29) is 46.2 Å². The number of anilines is 1. The summed E-state index contributed by atoms with van der Waals surface area (Å²) in [5.41, 5.74) is 0.0350. The molecule has 2 aliphatic rings. The first-order valence-electron chi connectivity index (χ1n) is 10.4. The highest BCUT2D eigenvalue weighted by Crippen LogP contribution is 2.40. The topological polar surface area (TPSA) is 127 Å². The van der Waals surface area contributed by atoms with Crippen LogP contribution in [0.4, 0.5) is 15.8 Å². The third kappa shape index (κ3) is 3.77. The maximum Gasteiger partial charge on any atom is 0.271 e. The molecule has 1 atom stereocenters. The summed E-state index contributed by atoms with van der Waals surface area (Å²) in [7, 11) is -4.31. The summed E-state index contributed by atoms with van der Waals surface area (Å²) in [5, 5.41) is 11.3. The van der Waals surface area contributed by atoms with Gasteiger partial charge in [0, 0.05) is 12.1 Å². The van der Waals surface area contributed by atoms with Gasteiger partial charge in [-0.1, -0.05) is 12.1 Å². The molecule has 0 bridgehead atoms. The zero-order valence-electron chi connectivity index (χ0n) is 17.8. The predicted molar refractivity (Wildman–Crippen MR) is 120 cm³/mol. The summed E-state index contributed by atoms with van der Waals surface area (Å²) in [4.78, 5) is 36.9. The molecule has 2 aliphatic heterocycles. The standard InChI is InChI=1S/C23H16FN3O7S/c24-14-5-8-17(9-6-14)35(32,33)26-13-16(34-21-10-7-15(27(30)31)11-20(21)26)12-25-22(28)18-3-1-2-4-19(18)23(25)29/h1-11,16H,12-13H2. The fourth-order valence-electron chi connectivity index (χ4n) is 4.08. The first-order valence-corrected chi connectivity index (χ1v) is 11.8. The molecule has 2 amide bonds. The second-order valence-corrected chi connectivity index (χ2v) is 9.77. The number of sulfonamides is 1. The van der Waals surface area contributed by atoms with E-state index in [0.717, 1.165) is 45.6 Å². The maximum absolute atomic E-state index is 13.5. The van der Waals surface area contributed by atoms with E-state index in [1.54, 1.807) is 12.1 Å². The second-order valence-electron chi connectivity index (χ2n) is 7.91. The number of nitro benzene ring substituents is 1. The van der Waals surface area contributed by atoms with Crippen molar-refractivity contribution in [2.75, 3.05) is 17.4 Å². The highest BCUT2D eigenvalue weighted by atomic mass is 32.2. The Morgan fingerprint density at radius 3 is 2.23 bits per heavy atom. The summed E-state index contributed by atoms with van der Waals surface area (Å²) in [6.07, 6.45) is -0.971. The highest BCUT2D eigenvalue weighted by Gasteiger charge is 2.41. The van der Waals surface area contributed by atoms with Crippen molar-refractivity contribution in [3.8, 4) is 5.75 Å². The number of carbonyl (C=O) groups excluding carboxylic acids is 2. The summed E-state index contributed by atoms with van der Waals surface area (Å²) >= 11 is 0. The minimum atomic E-state index is -4.31. The van der Waals surface area contributed by atoms with Gasteiger partial charge in [0.15, 0.2) is 0 Å². The Morgan fingerprint density at radius 1 is 1.00 bits per heavy atom. The van der Waals surface area contributed by atoms with Crippen LogP contribution in [0.3, 0.4) is 0 Å². The molecule has 0 saturated heterocycles. The number of rotatable bonds is 5. The Kier molecular flexibility index (Phi) is 5.24. The van der Waals surface area contributed by atoms with Crippen molar-refractivity contribution in [2.24, 2.45) is 0 Å². The van der Waals surface area contributed by atoms with E-state index < -0.39 is 38.7 Å². The van der Waals surface area contributed by atoms with Gasteiger partial charge in [0.2, 0.25) is 0 Å². The Morgan fingerprint density at radius 2 is 1.63 bits per heavy atom. The fourth-order valence-corrected chi connectivity index (χ4v) is 5.58. The number of carbonyl (C=O) groups is 2. The van der Waals surface area contributed by atoms with Gasteiger partial charge in [0.05, 0.1) is 34.0 Å². The smallest absolute Gasteiger partial charge is 0.271 e. The second kappa shape index (κ2) is 8.17. The van der Waals surface area contributed by atoms with Crippen LogP contribution in [0.5, 0.6) is 5.75 Å². The molecule has 0 spiro atoms. The summed E-state index contributed by atoms with van der Waals surface area (Å²) in [6, 6.07) is 13.9. The van der Waals surface area contributed by atoms with Crippen molar-refractivity contribution in [3.63, 3.8) is 0 Å². The molecule has 1 unspecified atom stereocenters. The number of imide groups is 1. The van der Waals surface area contributed by atoms with Gasteiger partial charge >= 0.3 is 0 Å². The lowest BCUT2D eigenvalue weighted by atomic mass is 10.1. The molecule has 2 heterocycles. The lowest BCUT2D eigenvalue weighted by molar-refractivity contribution is -0.384. The number of ether oxygens (including phenoxy) is 1. The molecule has 10 nitrogen and oxygen atoms in total. The number of halogens is 1. The molecule has 0 aromatic heterocycles. The van der Waals surface area contributed by atoms with E-state index in [1.807, 2.05) is 0 Å². The number of benzene rings is 3. The lowest BCUT2D eigenvalue weighted by Gasteiger charge is -2.36. The number of non-ortho nitro benzene ring substituents is 1. The first-order chi connectivity index (χ1) is 16.7. The first kappa shape index (κ1) is 22.5. The summed E-state index contributed by atoms with van der Waals surface area (Å²) < 4.78 is 47.1. The molecule has 12 heteroatoms. The minimum absolute atomic E-state index is 0.0224. The number of hydrogen-bond donors (Lipinski definition) is 0. The maximum atomic E-state index is 13.5. The van der Waals surface area contributed by atoms with Crippen molar-refractivity contribution in [1.82, 2.24) is 4.90 Å². The molecule has 35 heavy (non-hydrogen) atoms. The quantitative estimate of drug-likeness (QED) is 0.301. The van der Waals surface area contributed by atoms with Crippen LogP contribution in [-0.4, -0.2) is 49.2 Å². The number of amides is 2. The van der Waals surface area contributed by atoms with E-state index in [9.17, 15) is 32.5 Å². The third-order valence-electron chi connectivity index (χ3n) is 5.75. The van der Waals surface area contributed by atoms with Gasteiger partial charge in [0.1, 0.15) is 23.4 Å². The summed E-state index contributed by atoms with van der Waals surface area (Å²) in [6.45, 7) is -0.598. The highest BCUT2D eigenvalue weighted by molar-refractivity contribution is 7.92. The molecular weight excluding hydrogens is 481 g/mol. The normalized spacial score (nSPS) is 17.1. The van der Waals surface area contributed by atoms with Crippen LogP contribution in [-0.2, 0) is 10.0 Å². The van der Waals surface area contributed by atoms with Crippen LogP contribution in [0.1, 0.15) is 20.7 Å². The van der Waals surface area contributed by atoms with Gasteiger partial charge in [-0.3, -0.25) is 28.9 Å². The molecule has 0 N–H and O–H groups in total. The van der Waals surface area contributed by atoms with Gasteiger partial charge in [-0.05, 0) is 42.5 Å². The van der Waals surface area contributed by atoms with Crippen LogP contribution >= 0.6 is 0 Å². The number of nitrogens with zero attached hydrogens (tertiary/aromatic N) is 3. The Hall–Kier alpha value is -4.32. The average Bonchev–Trinajstić information content (AvgIpc) is 3.08. The van der Waals surface area contributed by atoms with E-state index in [2.05, 4.69) is 0 Å². The molecule has 0 fully saturated rings. The van der Waals surface area contributed by atoms with Crippen molar-refractivity contribution in [2.45, 2.75) is 11.0 Å². The van der Waals surface area contributed by atoms with Crippen molar-refractivity contribution < 1.29 is 32.1 Å². The molecule has 3 aromatic carbocycles. The molecule has 5 rings (SSSR count). The third-order valence-corrected chi connectivity index (χ3v) is 7.55. The zero-order chi connectivity index (χ0) is 24.9. The van der Waals surface area contributed by atoms with Crippen molar-refractivity contribution in [1.29, 1.82) is 0 Å². The van der Waals surface area contributed by atoms with Gasteiger partial charge in [-0.15, -0.1) is 0 Å². The van der Waals surface area contributed by atoms with Gasteiger partial charge in [0.25, 0.3) is 27.5 Å². The lowest BCUT2D eigenvalue weighted by Crippen LogP contribution is -2.49. The van der Waals surface area contributed by atoms with E-state index in [0.29, 0.717) is 0 Å². The van der Waals surface area contributed by atoms with Crippen LogP contribution in [0.25, 0.3) is 0 Å². The Balaban J connectivity index is 1.52. The SMILES string of the molecule is O=C1c2ccccc2C(=O)N1CC1CN(S(=O)(=O)c2ccc(F)cc2)c2cc([N+](=O)[O-])ccc2O1. The van der Waals surface area contributed by atoms with Crippen molar-refractivity contribution in [3.05, 3.63) is 93.8 Å². The van der Waals surface area contributed by atoms with E-state index in [1.165, 1.54) is 18.2 Å². The Bertz CT molecular complexity index is 1460. The Labute approximate surface area is 198 Å². The van der Waals surface area contributed by atoms with E-state index in [4.69, 9.17) is 4.74 Å². The molecule has 0 aliphatic carbocycles. The van der Waals surface area contributed by atoms with Crippen LogP contribution < -0.4 is 9.04 Å². The average molecular weight is 497 g/mol. The number of fused-ring (bicyclic) bond motifs is 2. The molecule has 0 radical (unpaired) electrons. The fraction of sp³-hybridized carbons (Fsp3) is 0.130. The number of nitro groups is 1. The van der Waals surface area contributed by atoms with Crippen LogP contribution in [0, 0.1) is 15.9 Å². The van der Waals surface area contributed by atoms with Crippen LogP contribution in [0.2, 0.25) is 0 Å². The van der Waals surface area contributed by atoms with Crippen molar-refractivity contribution >= 4 is 33.2 Å². The molecule has 0 saturated carbocycles. The van der Waals surface area contributed by atoms with Gasteiger partial charge < -0.3 is 4.74 Å². The zero-order valence-corrected chi connectivity index (χ0v) is 18.6. The molecule has 3 aromatic rings. The number of hydrogen-bond acceptors (Lipinski definition) is 7. The summed E-state index contributed by atoms with van der Waals surface area (Å²) in [5.74, 6) is -1.67. The molecule has 178 valence electrons. The van der Waals surface area contributed by atoms with Crippen LogP contribution in [0.15, 0.2) is 71.6 Å². The minimum Gasteiger partial charge on any atom is -0.484 e. The van der Waals surface area contributed by atoms with Gasteiger partial charge in [-0.25, -0.2) is 12.8 Å². The molecular formula is C23H16FN3O7S. The predicted octanol–water partition coefficient (Wildman–Crippen LogP) is 2.99.